The summed E-state index contributed by atoms with van der Waals surface area (Å²) in [7, 11) is 0. The molecular formula is C9H17NO5. The minimum Gasteiger partial charge on any atom is -0.481 e. The second-order valence-electron chi connectivity index (χ2n) is 3.12. The minimum atomic E-state index is -1.11. The number of unbranched alkanes of at least 4 members (excludes halogenated alkanes) is 1. The Balaban J connectivity index is 3.48. The zero-order chi connectivity index (χ0) is 11.7. The lowest BCUT2D eigenvalue weighted by atomic mass is 10.2. The Kier molecular flexibility index (Phi) is 7.35. The Hall–Kier alpha value is -1.30. The molecule has 0 spiro atoms. The molecule has 0 bridgehead atoms. The van der Waals surface area contributed by atoms with Crippen LogP contribution in [0.3, 0.4) is 0 Å². The van der Waals surface area contributed by atoms with Gasteiger partial charge in [0.1, 0.15) is 0 Å². The maximum atomic E-state index is 10.9. The molecule has 0 rings (SSSR count). The van der Waals surface area contributed by atoms with Crippen molar-refractivity contribution in [2.24, 2.45) is 0 Å². The fourth-order valence-electron chi connectivity index (χ4n) is 0.835. The molecule has 0 aliphatic rings. The molecule has 0 saturated carbocycles. The molecule has 0 aliphatic heterocycles. The standard InChI is InChI=1S/C9H17NO5/c1-2-3-4-15-9(14)10-6-7(11)5-8(12)13/h7,11H,2-6H2,1H3,(H,10,14)(H,12,13). The SMILES string of the molecule is CCCCOC(=O)NCC(O)CC(=O)O. The quantitative estimate of drug-likeness (QED) is 0.537. The molecule has 6 heteroatoms. The highest BCUT2D eigenvalue weighted by Gasteiger charge is 2.10. The number of nitrogens with one attached hydrogen (secondary N) is 1. The van der Waals surface area contributed by atoms with E-state index in [-0.39, 0.29) is 6.54 Å². The smallest absolute Gasteiger partial charge is 0.407 e. The summed E-state index contributed by atoms with van der Waals surface area (Å²) in [5.41, 5.74) is 0. The zero-order valence-corrected chi connectivity index (χ0v) is 8.73. The maximum absolute atomic E-state index is 10.9. The van der Waals surface area contributed by atoms with Crippen molar-refractivity contribution in [1.82, 2.24) is 5.32 Å². The lowest BCUT2D eigenvalue weighted by Crippen LogP contribution is -2.33. The van der Waals surface area contributed by atoms with Crippen LogP contribution in [0, 0.1) is 0 Å². The van der Waals surface area contributed by atoms with Crippen LogP contribution in [0.25, 0.3) is 0 Å². The van der Waals surface area contributed by atoms with E-state index in [2.05, 4.69) is 5.32 Å². The fraction of sp³-hybridized carbons (Fsp3) is 0.778. The number of hydrogen-bond acceptors (Lipinski definition) is 4. The number of hydrogen-bond donors (Lipinski definition) is 3. The summed E-state index contributed by atoms with van der Waals surface area (Å²) in [6.45, 7) is 2.19. The third kappa shape index (κ3) is 9.01. The van der Waals surface area contributed by atoms with E-state index < -0.39 is 24.6 Å². The number of carbonyl (C=O) groups is 2. The van der Waals surface area contributed by atoms with E-state index in [0.717, 1.165) is 12.8 Å². The number of aliphatic hydroxyl groups is 1. The molecule has 0 aromatic heterocycles. The molecule has 1 amide bonds. The van der Waals surface area contributed by atoms with Gasteiger partial charge in [0, 0.05) is 6.54 Å². The number of ether oxygens (including phenoxy) is 1. The second-order valence-corrected chi connectivity index (χ2v) is 3.12. The number of carbonyl (C=O) groups excluding carboxylic acids is 1. The Morgan fingerprint density at radius 2 is 2.13 bits per heavy atom. The number of aliphatic hydroxyl groups excluding tert-OH is 1. The van der Waals surface area contributed by atoms with Crippen LogP contribution < -0.4 is 5.32 Å². The summed E-state index contributed by atoms with van der Waals surface area (Å²) in [4.78, 5) is 21.1. The third-order valence-corrected chi connectivity index (χ3v) is 1.62. The van der Waals surface area contributed by atoms with Gasteiger partial charge in [-0.15, -0.1) is 0 Å². The van der Waals surface area contributed by atoms with Crippen molar-refractivity contribution in [1.29, 1.82) is 0 Å². The highest BCUT2D eigenvalue weighted by molar-refractivity contribution is 5.68. The number of carboxylic acids is 1. The van der Waals surface area contributed by atoms with Crippen LogP contribution in [0.1, 0.15) is 26.2 Å². The van der Waals surface area contributed by atoms with Crippen LogP contribution in [0.4, 0.5) is 4.79 Å². The number of aliphatic carboxylic acids is 1. The van der Waals surface area contributed by atoms with Crippen LogP contribution >= 0.6 is 0 Å². The summed E-state index contributed by atoms with van der Waals surface area (Å²) in [6.07, 6.45) is -0.399. The average molecular weight is 219 g/mol. The van der Waals surface area contributed by atoms with Crippen molar-refractivity contribution >= 4 is 12.1 Å². The van der Waals surface area contributed by atoms with Crippen molar-refractivity contribution in [2.75, 3.05) is 13.2 Å². The van der Waals surface area contributed by atoms with Gasteiger partial charge in [-0.05, 0) is 6.42 Å². The summed E-state index contributed by atoms with van der Waals surface area (Å²) in [5, 5.41) is 19.7. The first-order valence-electron chi connectivity index (χ1n) is 4.86. The van der Waals surface area contributed by atoms with Gasteiger partial charge in [-0.2, -0.15) is 0 Å². The van der Waals surface area contributed by atoms with E-state index in [1.165, 1.54) is 0 Å². The van der Waals surface area contributed by atoms with Crippen molar-refractivity contribution in [3.05, 3.63) is 0 Å². The third-order valence-electron chi connectivity index (χ3n) is 1.62. The number of alkyl carbamates (subject to hydrolysis) is 1. The maximum Gasteiger partial charge on any atom is 0.407 e. The Morgan fingerprint density at radius 1 is 1.47 bits per heavy atom. The molecule has 1 unspecified atom stereocenters. The van der Waals surface area contributed by atoms with Crippen molar-refractivity contribution in [2.45, 2.75) is 32.3 Å². The summed E-state index contributed by atoms with van der Waals surface area (Å²) < 4.78 is 4.73. The van der Waals surface area contributed by atoms with E-state index in [0.29, 0.717) is 6.61 Å². The van der Waals surface area contributed by atoms with Crippen LogP contribution in [-0.4, -0.2) is 41.5 Å². The minimum absolute atomic E-state index is 0.114. The molecule has 0 aromatic carbocycles. The number of carboxylic acid groups (broad SMARTS) is 1. The molecule has 6 nitrogen and oxygen atoms in total. The molecule has 0 aliphatic carbocycles. The van der Waals surface area contributed by atoms with Gasteiger partial charge < -0.3 is 20.3 Å². The molecule has 0 fully saturated rings. The Labute approximate surface area is 88.2 Å². The predicted octanol–water partition coefficient (Wildman–Crippen LogP) is 0.348. The van der Waals surface area contributed by atoms with Crippen molar-refractivity contribution in [3.63, 3.8) is 0 Å². The van der Waals surface area contributed by atoms with Crippen molar-refractivity contribution < 1.29 is 24.5 Å². The molecule has 1 atom stereocenters. The van der Waals surface area contributed by atoms with E-state index in [1.807, 2.05) is 6.92 Å². The molecular weight excluding hydrogens is 202 g/mol. The molecule has 0 heterocycles. The first kappa shape index (κ1) is 13.7. The van der Waals surface area contributed by atoms with E-state index in [9.17, 15) is 9.59 Å². The van der Waals surface area contributed by atoms with E-state index in [4.69, 9.17) is 14.9 Å². The monoisotopic (exact) mass is 219 g/mol. The molecule has 3 N–H and O–H groups in total. The van der Waals surface area contributed by atoms with Crippen LogP contribution in [-0.2, 0) is 9.53 Å². The van der Waals surface area contributed by atoms with E-state index >= 15 is 0 Å². The van der Waals surface area contributed by atoms with Crippen LogP contribution in [0.15, 0.2) is 0 Å². The van der Waals surface area contributed by atoms with E-state index in [1.54, 1.807) is 0 Å². The molecule has 88 valence electrons. The fourth-order valence-corrected chi connectivity index (χ4v) is 0.835. The summed E-state index contributed by atoms with van der Waals surface area (Å²) >= 11 is 0. The molecule has 0 radical (unpaired) electrons. The summed E-state index contributed by atoms with van der Waals surface area (Å²) in [5.74, 6) is -1.11. The largest absolute Gasteiger partial charge is 0.481 e. The van der Waals surface area contributed by atoms with Gasteiger partial charge in [0.2, 0.25) is 0 Å². The van der Waals surface area contributed by atoms with Crippen LogP contribution in [0.2, 0.25) is 0 Å². The number of amides is 1. The Morgan fingerprint density at radius 3 is 2.67 bits per heavy atom. The van der Waals surface area contributed by atoms with Gasteiger partial charge in [-0.25, -0.2) is 4.79 Å². The van der Waals surface area contributed by atoms with Gasteiger partial charge in [-0.3, -0.25) is 4.79 Å². The molecule has 15 heavy (non-hydrogen) atoms. The van der Waals surface area contributed by atoms with Gasteiger partial charge in [0.15, 0.2) is 0 Å². The van der Waals surface area contributed by atoms with Gasteiger partial charge in [-0.1, -0.05) is 13.3 Å². The van der Waals surface area contributed by atoms with Gasteiger partial charge in [0.05, 0.1) is 19.1 Å². The molecule has 0 saturated heterocycles. The topological polar surface area (TPSA) is 95.9 Å². The number of rotatable bonds is 7. The van der Waals surface area contributed by atoms with Gasteiger partial charge >= 0.3 is 12.1 Å². The predicted molar refractivity (Wildman–Crippen MR) is 52.5 cm³/mol. The van der Waals surface area contributed by atoms with Gasteiger partial charge in [0.25, 0.3) is 0 Å². The van der Waals surface area contributed by atoms with Crippen molar-refractivity contribution in [3.8, 4) is 0 Å². The first-order valence-corrected chi connectivity index (χ1v) is 4.86. The zero-order valence-electron chi connectivity index (χ0n) is 8.73. The average Bonchev–Trinajstić information content (AvgIpc) is 2.14. The highest BCUT2D eigenvalue weighted by Crippen LogP contribution is 1.91. The van der Waals surface area contributed by atoms with Crippen LogP contribution in [0.5, 0.6) is 0 Å². The Bertz CT molecular complexity index is 207. The lowest BCUT2D eigenvalue weighted by molar-refractivity contribution is -0.139. The molecule has 0 aromatic rings. The normalized spacial score (nSPS) is 11.9. The first-order chi connectivity index (χ1) is 7.06. The highest BCUT2D eigenvalue weighted by atomic mass is 16.5. The second kappa shape index (κ2) is 8.05. The lowest BCUT2D eigenvalue weighted by Gasteiger charge is -2.09. The summed E-state index contributed by atoms with van der Waals surface area (Å²) in [6, 6.07) is 0.